The van der Waals surface area contributed by atoms with Crippen molar-refractivity contribution >= 4 is 21.4 Å². The number of nitrogens with one attached hydrogen (secondary N) is 1. The summed E-state index contributed by atoms with van der Waals surface area (Å²) in [5, 5.41) is 2.26. The van der Waals surface area contributed by atoms with Gasteiger partial charge in [0.1, 0.15) is 11.6 Å². The quantitative estimate of drug-likeness (QED) is 0.434. The zero-order valence-electron chi connectivity index (χ0n) is 18.6. The van der Waals surface area contributed by atoms with E-state index in [-0.39, 0.29) is 11.9 Å². The first-order chi connectivity index (χ1) is 16.8. The fourth-order valence-corrected chi connectivity index (χ4v) is 4.88. The van der Waals surface area contributed by atoms with Crippen LogP contribution in [0.4, 0.5) is 10.1 Å². The summed E-state index contributed by atoms with van der Waals surface area (Å²) in [4.78, 5) is 16.9. The van der Waals surface area contributed by atoms with Crippen LogP contribution in [0.15, 0.2) is 78.1 Å². The largest absolute Gasteiger partial charge is 0.454 e. The second-order valence-corrected chi connectivity index (χ2v) is 9.88. The van der Waals surface area contributed by atoms with Crippen molar-refractivity contribution in [3.8, 4) is 28.4 Å². The highest BCUT2D eigenvalue weighted by molar-refractivity contribution is 7.92. The van der Waals surface area contributed by atoms with Gasteiger partial charge in [0.2, 0.25) is 27.7 Å². The first kappa shape index (κ1) is 22.6. The van der Waals surface area contributed by atoms with E-state index < -0.39 is 27.3 Å². The minimum atomic E-state index is -4.19. The molecule has 1 N–H and O–H groups in total. The van der Waals surface area contributed by atoms with Gasteiger partial charge in [0.05, 0.1) is 5.69 Å². The number of anilines is 1. The first-order valence-corrected chi connectivity index (χ1v) is 12.3. The van der Waals surface area contributed by atoms with Crippen LogP contribution in [-0.4, -0.2) is 36.4 Å². The summed E-state index contributed by atoms with van der Waals surface area (Å²) in [6, 6.07) is 17.4. The number of carbonyl (C=O) groups excluding carboxylic acids is 1. The van der Waals surface area contributed by atoms with Crippen molar-refractivity contribution in [1.82, 2.24) is 9.55 Å². The minimum absolute atomic E-state index is 0.0958. The number of halogens is 1. The lowest BCUT2D eigenvalue weighted by Gasteiger charge is -2.09. The van der Waals surface area contributed by atoms with Gasteiger partial charge in [0, 0.05) is 23.1 Å². The average molecular weight is 494 g/mol. The van der Waals surface area contributed by atoms with Gasteiger partial charge in [-0.25, -0.2) is 17.8 Å². The normalized spacial score (nSPS) is 12.5. The number of fused-ring (bicyclic) bond motifs is 1. The van der Waals surface area contributed by atoms with Crippen molar-refractivity contribution < 1.29 is 27.1 Å². The maximum atomic E-state index is 13.5. The summed E-state index contributed by atoms with van der Waals surface area (Å²) in [5.74, 6) is -0.897. The molecule has 1 amide bonds. The van der Waals surface area contributed by atoms with Gasteiger partial charge >= 0.3 is 0 Å². The lowest BCUT2D eigenvalue weighted by Crippen LogP contribution is -2.25. The summed E-state index contributed by atoms with van der Waals surface area (Å²) in [6.45, 7) is 2.00. The van der Waals surface area contributed by atoms with Gasteiger partial charge in [-0.2, -0.15) is 0 Å². The Kier molecular flexibility index (Phi) is 5.73. The molecule has 3 aromatic carbocycles. The van der Waals surface area contributed by atoms with Crippen molar-refractivity contribution in [2.45, 2.75) is 12.1 Å². The maximum absolute atomic E-state index is 13.5. The Hall–Kier alpha value is -4.18. The highest BCUT2D eigenvalue weighted by Crippen LogP contribution is 2.36. The summed E-state index contributed by atoms with van der Waals surface area (Å²) in [5.41, 5.74) is 2.80. The van der Waals surface area contributed by atoms with Gasteiger partial charge in [-0.3, -0.25) is 9.36 Å². The molecule has 0 atom stereocenters. The fraction of sp³-hybridized carbons (Fsp3) is 0.120. The van der Waals surface area contributed by atoms with Crippen LogP contribution in [0.1, 0.15) is 5.56 Å². The summed E-state index contributed by atoms with van der Waals surface area (Å²) >= 11 is 0. The molecule has 35 heavy (non-hydrogen) atoms. The van der Waals surface area contributed by atoms with Gasteiger partial charge in [0.15, 0.2) is 11.5 Å². The van der Waals surface area contributed by atoms with Crippen LogP contribution in [0.5, 0.6) is 11.5 Å². The van der Waals surface area contributed by atoms with Crippen molar-refractivity contribution in [3.05, 3.63) is 84.3 Å². The fourth-order valence-electron chi connectivity index (χ4n) is 3.64. The Morgan fingerprint density at radius 1 is 1.03 bits per heavy atom. The van der Waals surface area contributed by atoms with Crippen LogP contribution < -0.4 is 14.8 Å². The number of amides is 1. The van der Waals surface area contributed by atoms with E-state index in [0.29, 0.717) is 34.1 Å². The van der Waals surface area contributed by atoms with Gasteiger partial charge in [0.25, 0.3) is 0 Å². The number of hydrogen-bond donors (Lipinski definition) is 1. The summed E-state index contributed by atoms with van der Waals surface area (Å²) < 4.78 is 52.2. The molecule has 5 rings (SSSR count). The molecule has 0 saturated heterocycles. The minimum Gasteiger partial charge on any atom is -0.454 e. The van der Waals surface area contributed by atoms with Gasteiger partial charge in [-0.15, -0.1) is 0 Å². The third-order valence-corrected chi connectivity index (χ3v) is 6.87. The maximum Gasteiger partial charge on any atom is 0.240 e. The van der Waals surface area contributed by atoms with Gasteiger partial charge < -0.3 is 14.8 Å². The van der Waals surface area contributed by atoms with E-state index in [1.807, 2.05) is 19.1 Å². The average Bonchev–Trinajstić information content (AvgIpc) is 3.48. The number of carbonyl (C=O) groups is 1. The smallest absolute Gasteiger partial charge is 0.240 e. The number of ether oxygens (including phenoxy) is 2. The van der Waals surface area contributed by atoms with E-state index in [1.165, 1.54) is 35.0 Å². The van der Waals surface area contributed by atoms with Crippen molar-refractivity contribution in [1.29, 1.82) is 0 Å². The Bertz CT molecular complexity index is 1510. The molecule has 0 radical (unpaired) electrons. The second-order valence-electron chi connectivity index (χ2n) is 8.00. The number of aryl methyl sites for hydroxylation is 1. The molecule has 4 aromatic rings. The lowest BCUT2D eigenvalue weighted by atomic mass is 10.1. The van der Waals surface area contributed by atoms with Crippen LogP contribution >= 0.6 is 0 Å². The van der Waals surface area contributed by atoms with Crippen LogP contribution in [0.3, 0.4) is 0 Å². The van der Waals surface area contributed by atoms with E-state index in [0.717, 1.165) is 5.56 Å². The van der Waals surface area contributed by atoms with E-state index in [9.17, 15) is 17.6 Å². The number of sulfone groups is 1. The van der Waals surface area contributed by atoms with E-state index in [2.05, 4.69) is 10.3 Å². The predicted molar refractivity (Wildman–Crippen MR) is 127 cm³/mol. The van der Waals surface area contributed by atoms with Crippen molar-refractivity contribution in [2.75, 3.05) is 17.9 Å². The number of benzene rings is 3. The SMILES string of the molecule is Cc1ccc(NC(=O)CS(=O)(=O)c2nc(-c3ccc4c(c3)OCO4)cn2-c2ccc(F)cc2)cc1. The van der Waals surface area contributed by atoms with E-state index in [1.54, 1.807) is 30.3 Å². The van der Waals surface area contributed by atoms with Crippen molar-refractivity contribution in [3.63, 3.8) is 0 Å². The molecule has 0 bridgehead atoms. The van der Waals surface area contributed by atoms with Gasteiger partial charge in [-0.1, -0.05) is 17.7 Å². The number of nitrogens with zero attached hydrogens (tertiary/aromatic N) is 2. The standard InChI is InChI=1S/C25H20FN3O5S/c1-16-2-7-19(8-3-16)27-24(30)14-35(31,32)25-28-21(13-29(25)20-9-5-18(26)6-10-20)17-4-11-22-23(12-17)34-15-33-22/h2-13H,14-15H2,1H3,(H,27,30). The number of aromatic nitrogens is 2. The Labute approximate surface area is 200 Å². The molecule has 0 spiro atoms. The van der Waals surface area contributed by atoms with Crippen molar-refractivity contribution in [2.24, 2.45) is 0 Å². The topological polar surface area (TPSA) is 99.5 Å². The molecule has 0 saturated carbocycles. The molecular formula is C25H20FN3O5S. The van der Waals surface area contributed by atoms with Crippen LogP contribution in [0, 0.1) is 12.7 Å². The van der Waals surface area contributed by atoms with Crippen LogP contribution in [0.2, 0.25) is 0 Å². The van der Waals surface area contributed by atoms with Gasteiger partial charge in [-0.05, 0) is 61.5 Å². The zero-order valence-corrected chi connectivity index (χ0v) is 19.4. The number of imidazole rings is 1. The molecule has 0 aliphatic carbocycles. The molecule has 1 aliphatic rings. The number of hydrogen-bond acceptors (Lipinski definition) is 6. The highest BCUT2D eigenvalue weighted by atomic mass is 32.2. The Balaban J connectivity index is 1.51. The molecular weight excluding hydrogens is 473 g/mol. The van der Waals surface area contributed by atoms with Crippen LogP contribution in [0.25, 0.3) is 16.9 Å². The Morgan fingerprint density at radius 2 is 1.74 bits per heavy atom. The third kappa shape index (κ3) is 4.73. The summed E-state index contributed by atoms with van der Waals surface area (Å²) in [6.07, 6.45) is 1.52. The molecule has 2 heterocycles. The molecule has 178 valence electrons. The molecule has 0 fully saturated rings. The Morgan fingerprint density at radius 3 is 2.49 bits per heavy atom. The monoisotopic (exact) mass is 493 g/mol. The lowest BCUT2D eigenvalue weighted by molar-refractivity contribution is -0.113. The van der Waals surface area contributed by atoms with Crippen LogP contribution in [-0.2, 0) is 14.6 Å². The molecule has 1 aliphatic heterocycles. The molecule has 10 heteroatoms. The third-order valence-electron chi connectivity index (χ3n) is 5.38. The predicted octanol–water partition coefficient (Wildman–Crippen LogP) is 4.13. The number of rotatable bonds is 6. The second kappa shape index (κ2) is 8.88. The van der Waals surface area contributed by atoms with E-state index >= 15 is 0 Å². The summed E-state index contributed by atoms with van der Waals surface area (Å²) in [7, 11) is -4.19. The van der Waals surface area contributed by atoms with E-state index in [4.69, 9.17) is 9.47 Å². The highest BCUT2D eigenvalue weighted by Gasteiger charge is 2.27. The molecule has 1 aromatic heterocycles. The molecule has 8 nitrogen and oxygen atoms in total. The zero-order chi connectivity index (χ0) is 24.6. The first-order valence-electron chi connectivity index (χ1n) is 10.6. The molecule has 0 unspecified atom stereocenters.